The number of urea groups is 1. The van der Waals surface area contributed by atoms with Gasteiger partial charge in [0, 0.05) is 30.3 Å². The molecule has 2 amide bonds. The van der Waals surface area contributed by atoms with Crippen LogP contribution in [0, 0.1) is 0 Å². The number of pyridine rings is 1. The van der Waals surface area contributed by atoms with Crippen LogP contribution in [-0.4, -0.2) is 49.5 Å². The monoisotopic (exact) mass is 399 g/mol. The van der Waals surface area contributed by atoms with Gasteiger partial charge in [0.05, 0.1) is 11.8 Å². The molecule has 158 valence electrons. The molecule has 1 aliphatic rings. The molecule has 1 aliphatic carbocycles. The van der Waals surface area contributed by atoms with Crippen LogP contribution in [0.25, 0.3) is 5.82 Å². The highest BCUT2D eigenvalue weighted by molar-refractivity contribution is 5.89. The Morgan fingerprint density at radius 1 is 1.31 bits per heavy atom. The Balaban J connectivity index is 1.90. The molecule has 29 heavy (non-hydrogen) atoms. The van der Waals surface area contributed by atoms with E-state index in [1.54, 1.807) is 22.7 Å². The Bertz CT molecular complexity index is 804. The molecule has 2 heterocycles. The lowest BCUT2D eigenvalue weighted by Crippen LogP contribution is -2.47. The van der Waals surface area contributed by atoms with E-state index in [4.69, 9.17) is 5.10 Å². The van der Waals surface area contributed by atoms with E-state index in [1.165, 1.54) is 6.42 Å². The van der Waals surface area contributed by atoms with Gasteiger partial charge in [0.15, 0.2) is 5.82 Å². The number of aliphatic hydroxyl groups is 1. The van der Waals surface area contributed by atoms with Crippen LogP contribution in [0.3, 0.4) is 0 Å². The molecule has 0 aromatic carbocycles. The van der Waals surface area contributed by atoms with Gasteiger partial charge in [-0.1, -0.05) is 46.1 Å². The van der Waals surface area contributed by atoms with Gasteiger partial charge in [-0.3, -0.25) is 5.32 Å². The summed E-state index contributed by atoms with van der Waals surface area (Å²) in [5.74, 6) is 1.24. The van der Waals surface area contributed by atoms with Crippen LogP contribution in [-0.2, 0) is 5.41 Å². The topological polar surface area (TPSA) is 83.3 Å². The van der Waals surface area contributed by atoms with Gasteiger partial charge in [-0.15, -0.1) is 0 Å². The second-order valence-electron chi connectivity index (χ2n) is 8.99. The normalized spacial score (nSPS) is 16.4. The number of carbonyl (C=O) groups excluding carboxylic acids is 1. The summed E-state index contributed by atoms with van der Waals surface area (Å²) in [5, 5.41) is 17.7. The SMILES string of the molecule is CC(O)CN(C(=O)Nc1cc(C(C)(C)C)nn1-c1ccccn1)C1CCCCC1. The Kier molecular flexibility index (Phi) is 6.57. The first-order valence-electron chi connectivity index (χ1n) is 10.5. The van der Waals surface area contributed by atoms with E-state index in [0.717, 1.165) is 31.4 Å². The lowest BCUT2D eigenvalue weighted by Gasteiger charge is -2.35. The molecule has 0 spiro atoms. The van der Waals surface area contributed by atoms with Gasteiger partial charge in [0.25, 0.3) is 0 Å². The number of rotatable bonds is 5. The summed E-state index contributed by atoms with van der Waals surface area (Å²) >= 11 is 0. The van der Waals surface area contributed by atoms with Crippen molar-refractivity contribution in [3.63, 3.8) is 0 Å². The molecule has 0 saturated heterocycles. The third kappa shape index (κ3) is 5.35. The van der Waals surface area contributed by atoms with E-state index >= 15 is 0 Å². The highest BCUT2D eigenvalue weighted by atomic mass is 16.3. The average molecular weight is 400 g/mol. The number of amides is 2. The standard InChI is InChI=1S/C22H33N5O2/c1-16(28)15-26(17-10-6-5-7-11-17)21(29)24-20-14-18(22(2,3)4)25-27(20)19-12-8-9-13-23-19/h8-9,12-14,16-17,28H,5-7,10-11,15H2,1-4H3,(H,24,29). The number of nitrogens with one attached hydrogen (secondary N) is 1. The Morgan fingerprint density at radius 3 is 2.62 bits per heavy atom. The zero-order valence-electron chi connectivity index (χ0n) is 17.9. The van der Waals surface area contributed by atoms with Crippen molar-refractivity contribution in [3.8, 4) is 5.82 Å². The number of hydrogen-bond acceptors (Lipinski definition) is 4. The second kappa shape index (κ2) is 8.95. The molecular weight excluding hydrogens is 366 g/mol. The van der Waals surface area contributed by atoms with Crippen molar-refractivity contribution in [2.75, 3.05) is 11.9 Å². The quantitative estimate of drug-likeness (QED) is 0.792. The van der Waals surface area contributed by atoms with Crippen molar-refractivity contribution in [3.05, 3.63) is 36.2 Å². The first-order chi connectivity index (χ1) is 13.8. The third-order valence-corrected chi connectivity index (χ3v) is 5.32. The fourth-order valence-corrected chi connectivity index (χ4v) is 3.75. The number of hydrogen-bond donors (Lipinski definition) is 2. The maximum Gasteiger partial charge on any atom is 0.323 e. The molecule has 2 aromatic rings. The number of aliphatic hydroxyl groups excluding tert-OH is 1. The molecule has 2 N–H and O–H groups in total. The molecular formula is C22H33N5O2. The molecule has 0 aliphatic heterocycles. The Morgan fingerprint density at radius 2 is 2.03 bits per heavy atom. The number of nitrogens with zero attached hydrogens (tertiary/aromatic N) is 4. The van der Waals surface area contributed by atoms with Crippen molar-refractivity contribution < 1.29 is 9.90 Å². The molecule has 2 aromatic heterocycles. The summed E-state index contributed by atoms with van der Waals surface area (Å²) in [4.78, 5) is 19.4. The lowest BCUT2D eigenvalue weighted by atomic mass is 9.92. The van der Waals surface area contributed by atoms with Crippen LogP contribution in [0.15, 0.2) is 30.5 Å². The first-order valence-corrected chi connectivity index (χ1v) is 10.5. The fourth-order valence-electron chi connectivity index (χ4n) is 3.75. The van der Waals surface area contributed by atoms with Crippen molar-refractivity contribution in [2.45, 2.75) is 77.4 Å². The summed E-state index contributed by atoms with van der Waals surface area (Å²) in [6.45, 7) is 8.31. The minimum Gasteiger partial charge on any atom is -0.392 e. The maximum absolute atomic E-state index is 13.2. The van der Waals surface area contributed by atoms with Gasteiger partial charge < -0.3 is 10.0 Å². The molecule has 0 bridgehead atoms. The second-order valence-corrected chi connectivity index (χ2v) is 8.99. The summed E-state index contributed by atoms with van der Waals surface area (Å²) in [5.41, 5.74) is 0.709. The third-order valence-electron chi connectivity index (χ3n) is 5.32. The fraction of sp³-hybridized carbons (Fsp3) is 0.591. The van der Waals surface area contributed by atoms with Crippen molar-refractivity contribution in [1.82, 2.24) is 19.7 Å². The Labute approximate surface area is 173 Å². The minimum absolute atomic E-state index is 0.159. The largest absolute Gasteiger partial charge is 0.392 e. The van der Waals surface area contributed by atoms with E-state index < -0.39 is 6.10 Å². The van der Waals surface area contributed by atoms with Crippen molar-refractivity contribution >= 4 is 11.8 Å². The predicted octanol–water partition coefficient (Wildman–Crippen LogP) is 4.11. The van der Waals surface area contributed by atoms with E-state index in [9.17, 15) is 9.90 Å². The number of aromatic nitrogens is 3. The van der Waals surface area contributed by atoms with Crippen LogP contribution < -0.4 is 5.32 Å². The van der Waals surface area contributed by atoms with Crippen LogP contribution in [0.2, 0.25) is 0 Å². The lowest BCUT2D eigenvalue weighted by molar-refractivity contribution is 0.105. The predicted molar refractivity (Wildman–Crippen MR) is 114 cm³/mol. The van der Waals surface area contributed by atoms with Gasteiger partial charge in [0.2, 0.25) is 0 Å². The summed E-state index contributed by atoms with van der Waals surface area (Å²) in [6, 6.07) is 7.48. The van der Waals surface area contributed by atoms with Crippen molar-refractivity contribution in [1.29, 1.82) is 0 Å². The summed E-state index contributed by atoms with van der Waals surface area (Å²) in [6.07, 6.45) is 6.54. The maximum atomic E-state index is 13.2. The minimum atomic E-state index is -0.575. The molecule has 1 fully saturated rings. The molecule has 7 heteroatoms. The average Bonchev–Trinajstić information content (AvgIpc) is 3.11. The smallest absolute Gasteiger partial charge is 0.323 e. The van der Waals surface area contributed by atoms with E-state index in [-0.39, 0.29) is 17.5 Å². The zero-order valence-corrected chi connectivity index (χ0v) is 17.9. The molecule has 7 nitrogen and oxygen atoms in total. The van der Waals surface area contributed by atoms with E-state index in [0.29, 0.717) is 18.2 Å². The molecule has 1 saturated carbocycles. The van der Waals surface area contributed by atoms with Crippen LogP contribution >= 0.6 is 0 Å². The zero-order chi connectivity index (χ0) is 21.0. The van der Waals surface area contributed by atoms with E-state index in [1.807, 2.05) is 24.3 Å². The molecule has 1 unspecified atom stereocenters. The van der Waals surface area contributed by atoms with Gasteiger partial charge in [-0.25, -0.2) is 9.78 Å². The van der Waals surface area contributed by atoms with Crippen LogP contribution in [0.5, 0.6) is 0 Å². The van der Waals surface area contributed by atoms with Crippen LogP contribution in [0.1, 0.15) is 65.5 Å². The van der Waals surface area contributed by atoms with Gasteiger partial charge >= 0.3 is 6.03 Å². The number of carbonyl (C=O) groups is 1. The first kappa shape index (κ1) is 21.3. The van der Waals surface area contributed by atoms with Gasteiger partial charge in [-0.2, -0.15) is 9.78 Å². The summed E-state index contributed by atoms with van der Waals surface area (Å²) < 4.78 is 1.68. The van der Waals surface area contributed by atoms with Gasteiger partial charge in [0.1, 0.15) is 5.82 Å². The summed E-state index contributed by atoms with van der Waals surface area (Å²) in [7, 11) is 0. The van der Waals surface area contributed by atoms with Crippen molar-refractivity contribution in [2.24, 2.45) is 0 Å². The Hall–Kier alpha value is -2.41. The molecule has 0 radical (unpaired) electrons. The highest BCUT2D eigenvalue weighted by Gasteiger charge is 2.28. The van der Waals surface area contributed by atoms with Crippen LogP contribution in [0.4, 0.5) is 10.6 Å². The van der Waals surface area contributed by atoms with E-state index in [2.05, 4.69) is 31.1 Å². The number of anilines is 1. The van der Waals surface area contributed by atoms with Gasteiger partial charge in [-0.05, 0) is 31.9 Å². The molecule has 3 rings (SSSR count). The molecule has 1 atom stereocenters. The highest BCUT2D eigenvalue weighted by Crippen LogP contribution is 2.27.